The Morgan fingerprint density at radius 3 is 2.39 bits per heavy atom. The smallest absolute Gasteiger partial charge is 0.388 e. The van der Waals surface area contributed by atoms with Crippen LogP contribution in [0.4, 0.5) is 5.69 Å². The average Bonchev–Trinajstić information content (AvgIpc) is 2.27. The highest BCUT2D eigenvalue weighted by Crippen LogP contribution is 2.21. The molecule has 1 rings (SSSR count). The van der Waals surface area contributed by atoms with Crippen LogP contribution in [0.15, 0.2) is 29.2 Å². The maximum absolute atomic E-state index is 11.9. The molecule has 7 nitrogen and oxygen atoms in total. The zero-order valence-corrected chi connectivity index (χ0v) is 11.3. The van der Waals surface area contributed by atoms with Gasteiger partial charge in [0.25, 0.3) is 0 Å². The fourth-order valence-electron chi connectivity index (χ4n) is 1.24. The predicted molar refractivity (Wildman–Crippen MR) is 65.3 cm³/mol. The van der Waals surface area contributed by atoms with Gasteiger partial charge in [-0.1, -0.05) is 6.07 Å². The van der Waals surface area contributed by atoms with Crippen LogP contribution < -0.4 is 5.32 Å². The minimum absolute atomic E-state index is 0.106. The van der Waals surface area contributed by atoms with Gasteiger partial charge in [-0.3, -0.25) is 4.55 Å². The van der Waals surface area contributed by atoms with Crippen molar-refractivity contribution in [3.63, 3.8) is 0 Å². The predicted octanol–water partition coefficient (Wildman–Crippen LogP) is 0.667. The molecule has 0 aliphatic heterocycles. The standard InChI is InChI=1S/C9H13NO6S2/c1-7(16-18(13,14)15)17(11,12)9-5-3-4-8(6-9)10-2/h3-7,10H,1-2H3,(H,13,14,15). The molecule has 18 heavy (non-hydrogen) atoms. The fourth-order valence-corrected chi connectivity index (χ4v) is 3.24. The Kier molecular flexibility index (Phi) is 4.32. The third-order valence-corrected chi connectivity index (χ3v) is 4.68. The van der Waals surface area contributed by atoms with E-state index in [2.05, 4.69) is 9.50 Å². The molecule has 0 heterocycles. The Balaban J connectivity index is 3.13. The second-order valence-electron chi connectivity index (χ2n) is 3.41. The van der Waals surface area contributed by atoms with E-state index in [9.17, 15) is 16.8 Å². The fraction of sp³-hybridized carbons (Fsp3) is 0.333. The molecule has 9 heteroatoms. The normalized spacial score (nSPS) is 14.2. The van der Waals surface area contributed by atoms with E-state index in [0.717, 1.165) is 6.92 Å². The first kappa shape index (κ1) is 14.9. The minimum Gasteiger partial charge on any atom is -0.388 e. The Labute approximate surface area is 106 Å². The van der Waals surface area contributed by atoms with E-state index in [0.29, 0.717) is 5.69 Å². The van der Waals surface area contributed by atoms with E-state index in [-0.39, 0.29) is 4.90 Å². The Hall–Kier alpha value is -1.16. The van der Waals surface area contributed by atoms with Crippen molar-refractivity contribution in [1.82, 2.24) is 0 Å². The summed E-state index contributed by atoms with van der Waals surface area (Å²) in [4.78, 5) is -0.106. The van der Waals surface area contributed by atoms with Gasteiger partial charge in [-0.25, -0.2) is 12.6 Å². The molecule has 2 N–H and O–H groups in total. The van der Waals surface area contributed by atoms with Crippen LogP contribution in [0.5, 0.6) is 0 Å². The van der Waals surface area contributed by atoms with E-state index in [1.165, 1.54) is 18.2 Å². The number of anilines is 1. The summed E-state index contributed by atoms with van der Waals surface area (Å²) in [6, 6.07) is 5.78. The van der Waals surface area contributed by atoms with Crippen LogP contribution in [0.1, 0.15) is 6.92 Å². The van der Waals surface area contributed by atoms with Crippen molar-refractivity contribution in [2.24, 2.45) is 0 Å². The topological polar surface area (TPSA) is 110 Å². The molecule has 0 spiro atoms. The molecule has 0 saturated carbocycles. The summed E-state index contributed by atoms with van der Waals surface area (Å²) in [6.45, 7) is 1.02. The lowest BCUT2D eigenvalue weighted by atomic mass is 10.3. The zero-order chi connectivity index (χ0) is 14.0. The van der Waals surface area contributed by atoms with Gasteiger partial charge < -0.3 is 5.32 Å². The molecule has 0 aliphatic carbocycles. The molecule has 0 aromatic heterocycles. The highest BCUT2D eigenvalue weighted by Gasteiger charge is 2.28. The lowest BCUT2D eigenvalue weighted by Gasteiger charge is -2.12. The van der Waals surface area contributed by atoms with Gasteiger partial charge in [0, 0.05) is 12.7 Å². The third kappa shape index (κ3) is 3.67. The molecule has 1 aromatic carbocycles. The molecular formula is C9H13NO6S2. The molecule has 0 radical (unpaired) electrons. The van der Waals surface area contributed by atoms with Crippen molar-refractivity contribution >= 4 is 25.9 Å². The van der Waals surface area contributed by atoms with Gasteiger partial charge in [0.15, 0.2) is 5.44 Å². The molecule has 0 fully saturated rings. The molecular weight excluding hydrogens is 282 g/mol. The van der Waals surface area contributed by atoms with E-state index >= 15 is 0 Å². The molecule has 1 aromatic rings. The summed E-state index contributed by atoms with van der Waals surface area (Å²) < 4.78 is 57.4. The van der Waals surface area contributed by atoms with Crippen molar-refractivity contribution in [1.29, 1.82) is 0 Å². The summed E-state index contributed by atoms with van der Waals surface area (Å²) in [5.41, 5.74) is -1.16. The molecule has 0 bridgehead atoms. The van der Waals surface area contributed by atoms with Crippen molar-refractivity contribution < 1.29 is 25.6 Å². The lowest BCUT2D eigenvalue weighted by molar-refractivity contribution is 0.251. The number of hydrogen-bond donors (Lipinski definition) is 2. The van der Waals surface area contributed by atoms with Crippen molar-refractivity contribution in [3.05, 3.63) is 24.3 Å². The van der Waals surface area contributed by atoms with Crippen LogP contribution in [0.25, 0.3) is 0 Å². The summed E-state index contributed by atoms with van der Waals surface area (Å²) in [5, 5.41) is 2.75. The van der Waals surface area contributed by atoms with E-state index in [1.807, 2.05) is 0 Å². The molecule has 1 atom stereocenters. The monoisotopic (exact) mass is 295 g/mol. The van der Waals surface area contributed by atoms with Crippen LogP contribution in [-0.2, 0) is 24.4 Å². The van der Waals surface area contributed by atoms with Crippen LogP contribution in [0.2, 0.25) is 0 Å². The third-order valence-electron chi connectivity index (χ3n) is 2.15. The van der Waals surface area contributed by atoms with Crippen molar-refractivity contribution in [2.45, 2.75) is 17.3 Å². The van der Waals surface area contributed by atoms with E-state index in [4.69, 9.17) is 4.55 Å². The first-order valence-electron chi connectivity index (χ1n) is 4.84. The minimum atomic E-state index is -4.82. The van der Waals surface area contributed by atoms with Crippen molar-refractivity contribution in [3.8, 4) is 0 Å². The summed E-state index contributed by atoms with van der Waals surface area (Å²) >= 11 is 0. The first-order chi connectivity index (χ1) is 8.16. The number of hydrogen-bond acceptors (Lipinski definition) is 6. The van der Waals surface area contributed by atoms with Gasteiger partial charge in [0.2, 0.25) is 9.84 Å². The molecule has 102 valence electrons. The summed E-state index contributed by atoms with van der Waals surface area (Å²) in [7, 11) is -7.22. The highest BCUT2D eigenvalue weighted by atomic mass is 32.3. The van der Waals surface area contributed by atoms with Gasteiger partial charge in [0.1, 0.15) is 0 Å². The van der Waals surface area contributed by atoms with Crippen LogP contribution >= 0.6 is 0 Å². The largest absolute Gasteiger partial charge is 0.398 e. The number of nitrogens with one attached hydrogen (secondary N) is 1. The van der Waals surface area contributed by atoms with Crippen LogP contribution in [-0.4, -0.2) is 33.9 Å². The van der Waals surface area contributed by atoms with E-state index in [1.54, 1.807) is 13.1 Å². The maximum atomic E-state index is 11.9. The molecule has 0 aliphatic rings. The SMILES string of the molecule is CNc1cccc(S(=O)(=O)C(C)OS(=O)(=O)O)c1. The summed E-state index contributed by atoms with van der Waals surface area (Å²) in [5.74, 6) is 0. The maximum Gasteiger partial charge on any atom is 0.398 e. The lowest BCUT2D eigenvalue weighted by Crippen LogP contribution is -2.24. The Morgan fingerprint density at radius 2 is 1.89 bits per heavy atom. The number of benzene rings is 1. The first-order valence-corrected chi connectivity index (χ1v) is 7.75. The second kappa shape index (κ2) is 5.22. The zero-order valence-electron chi connectivity index (χ0n) is 9.69. The Bertz CT molecular complexity index is 622. The van der Waals surface area contributed by atoms with Gasteiger partial charge >= 0.3 is 10.4 Å². The second-order valence-corrected chi connectivity index (χ2v) is 6.69. The Morgan fingerprint density at radius 1 is 1.28 bits per heavy atom. The quantitative estimate of drug-likeness (QED) is 0.768. The molecule has 0 saturated heterocycles. The van der Waals surface area contributed by atoms with Gasteiger partial charge in [-0.15, -0.1) is 0 Å². The number of sulfone groups is 1. The number of rotatable bonds is 5. The average molecular weight is 295 g/mol. The molecule has 0 amide bonds. The van der Waals surface area contributed by atoms with Crippen molar-refractivity contribution in [2.75, 3.05) is 12.4 Å². The molecule has 1 unspecified atom stereocenters. The van der Waals surface area contributed by atoms with E-state index < -0.39 is 25.7 Å². The van der Waals surface area contributed by atoms with Gasteiger partial charge in [-0.2, -0.15) is 8.42 Å². The summed E-state index contributed by atoms with van der Waals surface area (Å²) in [6.07, 6.45) is 0. The van der Waals surface area contributed by atoms with Crippen LogP contribution in [0, 0.1) is 0 Å². The van der Waals surface area contributed by atoms with Gasteiger partial charge in [0.05, 0.1) is 4.90 Å². The highest BCUT2D eigenvalue weighted by molar-refractivity contribution is 7.92. The van der Waals surface area contributed by atoms with Gasteiger partial charge in [-0.05, 0) is 25.1 Å². The van der Waals surface area contributed by atoms with Crippen LogP contribution in [0.3, 0.4) is 0 Å².